The van der Waals surface area contributed by atoms with Gasteiger partial charge in [0.25, 0.3) is 0 Å². The van der Waals surface area contributed by atoms with Gasteiger partial charge in [0.05, 0.1) is 5.71 Å². The predicted molar refractivity (Wildman–Crippen MR) is 102 cm³/mol. The first kappa shape index (κ1) is 16.6. The molecule has 0 fully saturated rings. The van der Waals surface area contributed by atoms with E-state index in [1.807, 2.05) is 49.4 Å². The van der Waals surface area contributed by atoms with Gasteiger partial charge in [-0.2, -0.15) is 0 Å². The van der Waals surface area contributed by atoms with Crippen LogP contribution in [0.25, 0.3) is 0 Å². The zero-order valence-corrected chi connectivity index (χ0v) is 15.0. The summed E-state index contributed by atoms with van der Waals surface area (Å²) in [6.45, 7) is 2.61. The lowest BCUT2D eigenvalue weighted by molar-refractivity contribution is 0.414. The van der Waals surface area contributed by atoms with Crippen LogP contribution in [-0.4, -0.2) is 15.4 Å². The molecule has 0 saturated heterocycles. The molecule has 2 aromatic carbocycles. The Hall–Kier alpha value is -2.24. The molecule has 0 saturated carbocycles. The van der Waals surface area contributed by atoms with E-state index >= 15 is 0 Å². The molecular weight excluding hydrogens is 336 g/mol. The second-order valence-electron chi connectivity index (χ2n) is 5.65. The van der Waals surface area contributed by atoms with Gasteiger partial charge in [0, 0.05) is 12.1 Å². The molecule has 3 rings (SSSR count). The van der Waals surface area contributed by atoms with E-state index in [-0.39, 0.29) is 5.88 Å². The molecule has 0 aliphatic heterocycles. The molecule has 3 aromatic rings. The Labute approximate surface area is 150 Å². The molecule has 3 nitrogen and oxygen atoms in total. The summed E-state index contributed by atoms with van der Waals surface area (Å²) in [6, 6.07) is 17.8. The quantitative estimate of drug-likeness (QED) is 0.503. The van der Waals surface area contributed by atoms with E-state index in [4.69, 9.17) is 17.6 Å². The minimum absolute atomic E-state index is 0.0894. The van der Waals surface area contributed by atoms with Crippen molar-refractivity contribution in [1.82, 2.24) is 4.57 Å². The highest BCUT2D eigenvalue weighted by Crippen LogP contribution is 2.29. The molecule has 1 heterocycles. The number of benzene rings is 2. The average molecular weight is 355 g/mol. The summed E-state index contributed by atoms with van der Waals surface area (Å²) in [5.74, 6) is 0.0894. The van der Waals surface area contributed by atoms with Gasteiger partial charge in [-0.05, 0) is 31.1 Å². The number of nitrogens with zero attached hydrogens (tertiary/aromatic N) is 1. The van der Waals surface area contributed by atoms with Gasteiger partial charge in [0.15, 0.2) is 3.95 Å². The predicted octanol–water partition coefficient (Wildman–Crippen LogP) is 4.95. The number of nitrogens with one attached hydrogen (secondary N) is 1. The first-order valence-corrected chi connectivity index (χ1v) is 8.91. The fraction of sp³-hybridized carbons (Fsp3) is 0.158. The molecule has 0 atom stereocenters. The number of aromatic hydroxyl groups is 1. The van der Waals surface area contributed by atoms with Crippen LogP contribution in [-0.2, 0) is 13.0 Å². The Bertz CT molecular complexity index is 909. The Balaban J connectivity index is 1.85. The monoisotopic (exact) mass is 354 g/mol. The zero-order valence-electron chi connectivity index (χ0n) is 13.3. The number of aromatic nitrogens is 1. The Morgan fingerprint density at radius 1 is 1.12 bits per heavy atom. The molecule has 1 aromatic heterocycles. The molecule has 0 unspecified atom stereocenters. The molecule has 0 aliphatic carbocycles. The van der Waals surface area contributed by atoms with Gasteiger partial charge in [-0.3, -0.25) is 9.98 Å². The van der Waals surface area contributed by atoms with Crippen LogP contribution in [0.5, 0.6) is 5.88 Å². The highest BCUT2D eigenvalue weighted by molar-refractivity contribution is 7.73. The third-order valence-corrected chi connectivity index (χ3v) is 5.36. The van der Waals surface area contributed by atoms with Crippen molar-refractivity contribution in [2.24, 2.45) is 0 Å². The number of aryl methyl sites for hydroxylation is 2. The van der Waals surface area contributed by atoms with Crippen LogP contribution in [0.1, 0.15) is 21.6 Å². The summed E-state index contributed by atoms with van der Waals surface area (Å²) in [6.07, 6.45) is 0.788. The van der Waals surface area contributed by atoms with Crippen LogP contribution in [0.4, 0.5) is 0 Å². The third kappa shape index (κ3) is 3.47. The van der Waals surface area contributed by atoms with Gasteiger partial charge in [0.2, 0.25) is 5.88 Å². The molecule has 24 heavy (non-hydrogen) atoms. The standard InChI is InChI=1S/C19H18N2OS2/c1-13-7-9-15(10-8-13)16(20)17-18(22)21(19(23)24-17)12-11-14-5-3-2-4-6-14/h2-10,20,22H,11-12H2,1H3. The summed E-state index contributed by atoms with van der Waals surface area (Å²) in [4.78, 5) is 0.525. The first-order valence-electron chi connectivity index (χ1n) is 7.69. The maximum atomic E-state index is 10.5. The second-order valence-corrected chi connectivity index (χ2v) is 7.29. The van der Waals surface area contributed by atoms with Crippen LogP contribution >= 0.6 is 23.6 Å². The minimum atomic E-state index is 0.0894. The summed E-state index contributed by atoms with van der Waals surface area (Å²) in [5, 5.41) is 18.9. The van der Waals surface area contributed by atoms with Crippen molar-refractivity contribution >= 4 is 29.3 Å². The summed E-state index contributed by atoms with van der Waals surface area (Å²) in [5.41, 5.74) is 3.42. The molecule has 2 N–H and O–H groups in total. The highest BCUT2D eigenvalue weighted by Gasteiger charge is 2.17. The van der Waals surface area contributed by atoms with Crippen LogP contribution < -0.4 is 0 Å². The van der Waals surface area contributed by atoms with Crippen molar-refractivity contribution in [3.05, 3.63) is 80.1 Å². The van der Waals surface area contributed by atoms with E-state index in [9.17, 15) is 5.11 Å². The largest absolute Gasteiger partial charge is 0.493 e. The third-order valence-electron chi connectivity index (χ3n) is 3.90. The zero-order chi connectivity index (χ0) is 17.1. The Morgan fingerprint density at radius 2 is 1.79 bits per heavy atom. The van der Waals surface area contributed by atoms with Crippen LogP contribution in [0.3, 0.4) is 0 Å². The first-order chi connectivity index (χ1) is 11.6. The summed E-state index contributed by atoms with van der Waals surface area (Å²) >= 11 is 6.68. The van der Waals surface area contributed by atoms with Gasteiger partial charge < -0.3 is 5.11 Å². The molecular formula is C19H18N2OS2. The Kier molecular flexibility index (Phi) is 4.92. The SMILES string of the molecule is Cc1ccc(C(=N)c2sc(=S)n(CCc3ccccc3)c2O)cc1. The van der Waals surface area contributed by atoms with E-state index in [1.54, 1.807) is 4.57 Å². The number of hydrogen-bond donors (Lipinski definition) is 2. The van der Waals surface area contributed by atoms with E-state index in [0.717, 1.165) is 17.5 Å². The van der Waals surface area contributed by atoms with Crippen molar-refractivity contribution < 1.29 is 5.11 Å². The maximum Gasteiger partial charge on any atom is 0.212 e. The highest BCUT2D eigenvalue weighted by atomic mass is 32.1. The summed E-state index contributed by atoms with van der Waals surface area (Å²) in [7, 11) is 0. The average Bonchev–Trinajstić information content (AvgIpc) is 2.88. The number of hydrogen-bond acceptors (Lipinski definition) is 4. The molecule has 0 aliphatic rings. The maximum absolute atomic E-state index is 10.5. The van der Waals surface area contributed by atoms with E-state index in [1.165, 1.54) is 16.9 Å². The number of thiazole rings is 1. The van der Waals surface area contributed by atoms with Crippen molar-refractivity contribution in [2.75, 3.05) is 0 Å². The molecule has 5 heteroatoms. The molecule has 122 valence electrons. The molecule has 0 bridgehead atoms. The fourth-order valence-corrected chi connectivity index (χ4v) is 3.81. The topological polar surface area (TPSA) is 49.0 Å². The summed E-state index contributed by atoms with van der Waals surface area (Å²) < 4.78 is 2.31. The van der Waals surface area contributed by atoms with E-state index < -0.39 is 0 Å². The fourth-order valence-electron chi connectivity index (χ4n) is 2.49. The lowest BCUT2D eigenvalue weighted by Gasteiger charge is -2.07. The smallest absolute Gasteiger partial charge is 0.212 e. The lowest BCUT2D eigenvalue weighted by atomic mass is 10.1. The van der Waals surface area contributed by atoms with Crippen molar-refractivity contribution in [2.45, 2.75) is 19.9 Å². The van der Waals surface area contributed by atoms with Gasteiger partial charge in [-0.15, -0.1) is 0 Å². The van der Waals surface area contributed by atoms with Crippen molar-refractivity contribution in [3.63, 3.8) is 0 Å². The van der Waals surface area contributed by atoms with Crippen LogP contribution in [0, 0.1) is 16.3 Å². The van der Waals surface area contributed by atoms with Crippen LogP contribution in [0.2, 0.25) is 0 Å². The van der Waals surface area contributed by atoms with Gasteiger partial charge in [-0.25, -0.2) is 0 Å². The molecule has 0 spiro atoms. The van der Waals surface area contributed by atoms with Crippen LogP contribution in [0.15, 0.2) is 54.6 Å². The molecule has 0 amide bonds. The Morgan fingerprint density at radius 3 is 2.46 bits per heavy atom. The lowest BCUT2D eigenvalue weighted by Crippen LogP contribution is -2.03. The normalized spacial score (nSPS) is 10.7. The second kappa shape index (κ2) is 7.11. The van der Waals surface area contributed by atoms with Gasteiger partial charge in [-0.1, -0.05) is 71.5 Å². The van der Waals surface area contributed by atoms with Gasteiger partial charge in [0.1, 0.15) is 4.88 Å². The van der Waals surface area contributed by atoms with Gasteiger partial charge >= 0.3 is 0 Å². The van der Waals surface area contributed by atoms with E-state index in [2.05, 4.69) is 12.1 Å². The van der Waals surface area contributed by atoms with Crippen molar-refractivity contribution in [3.8, 4) is 5.88 Å². The minimum Gasteiger partial charge on any atom is -0.493 e. The van der Waals surface area contributed by atoms with Crippen molar-refractivity contribution in [1.29, 1.82) is 5.41 Å². The van der Waals surface area contributed by atoms with E-state index in [0.29, 0.717) is 21.1 Å². The molecule has 0 radical (unpaired) electrons. The number of rotatable bonds is 5.